The first kappa shape index (κ1) is 13.0. The Kier molecular flexibility index (Phi) is 4.69. The van der Waals surface area contributed by atoms with Crippen LogP contribution in [0.4, 0.5) is 0 Å². The number of hydrogen-bond donors (Lipinski definition) is 2. The maximum Gasteiger partial charge on any atom is 0.237 e. The molecule has 6 nitrogen and oxygen atoms in total. The highest BCUT2D eigenvalue weighted by Crippen LogP contribution is 2.17. The molecule has 1 atom stereocenters. The van der Waals surface area contributed by atoms with E-state index in [-0.39, 0.29) is 11.9 Å². The third-order valence-electron chi connectivity index (χ3n) is 3.30. The van der Waals surface area contributed by atoms with Gasteiger partial charge in [0.2, 0.25) is 12.3 Å². The lowest BCUT2D eigenvalue weighted by Crippen LogP contribution is -2.46. The van der Waals surface area contributed by atoms with Crippen molar-refractivity contribution in [3.63, 3.8) is 0 Å². The van der Waals surface area contributed by atoms with E-state index in [2.05, 4.69) is 25.3 Å². The Morgan fingerprint density at radius 3 is 3.00 bits per heavy atom. The second-order valence-electron chi connectivity index (χ2n) is 4.76. The molecule has 0 bridgehead atoms. The van der Waals surface area contributed by atoms with E-state index in [0.717, 1.165) is 12.8 Å². The van der Waals surface area contributed by atoms with Gasteiger partial charge in [-0.1, -0.05) is 18.0 Å². The molecular formula is C12H20N4O2. The van der Waals surface area contributed by atoms with Crippen LogP contribution >= 0.6 is 0 Å². The van der Waals surface area contributed by atoms with E-state index in [1.54, 1.807) is 0 Å². The van der Waals surface area contributed by atoms with Gasteiger partial charge in [-0.05, 0) is 19.8 Å². The molecule has 2 rings (SSSR count). The summed E-state index contributed by atoms with van der Waals surface area (Å²) < 4.78 is 4.64. The maximum absolute atomic E-state index is 11.9. The fraction of sp³-hybridized carbons (Fsp3) is 0.750. The number of nitrogens with one attached hydrogen (secondary N) is 2. The van der Waals surface area contributed by atoms with Crippen molar-refractivity contribution < 1.29 is 9.32 Å². The van der Waals surface area contributed by atoms with Gasteiger partial charge in [-0.2, -0.15) is 4.98 Å². The Morgan fingerprint density at radius 1 is 1.56 bits per heavy atom. The Balaban J connectivity index is 1.63. The van der Waals surface area contributed by atoms with Crippen LogP contribution in [0, 0.1) is 0 Å². The van der Waals surface area contributed by atoms with Crippen molar-refractivity contribution in [1.82, 2.24) is 20.8 Å². The zero-order chi connectivity index (χ0) is 12.8. The third kappa shape index (κ3) is 3.80. The molecule has 0 radical (unpaired) electrons. The number of amides is 1. The van der Waals surface area contributed by atoms with E-state index < -0.39 is 0 Å². The number of nitrogens with zero attached hydrogens (tertiary/aromatic N) is 2. The largest absolute Gasteiger partial charge is 0.352 e. The molecule has 0 spiro atoms. The van der Waals surface area contributed by atoms with Gasteiger partial charge in [0.15, 0.2) is 5.82 Å². The van der Waals surface area contributed by atoms with Gasteiger partial charge in [0, 0.05) is 19.0 Å². The molecule has 0 aromatic carbocycles. The summed E-state index contributed by atoms with van der Waals surface area (Å²) >= 11 is 0. The average molecular weight is 252 g/mol. The van der Waals surface area contributed by atoms with Crippen molar-refractivity contribution in [2.24, 2.45) is 0 Å². The van der Waals surface area contributed by atoms with Crippen LogP contribution in [0.25, 0.3) is 0 Å². The van der Waals surface area contributed by atoms with Crippen LogP contribution in [0.15, 0.2) is 10.9 Å². The molecular weight excluding hydrogens is 232 g/mol. The number of rotatable bonds is 6. The molecule has 18 heavy (non-hydrogen) atoms. The van der Waals surface area contributed by atoms with E-state index >= 15 is 0 Å². The molecule has 2 N–H and O–H groups in total. The van der Waals surface area contributed by atoms with Crippen LogP contribution in [0.5, 0.6) is 0 Å². The summed E-state index contributed by atoms with van der Waals surface area (Å²) in [6.45, 7) is 2.54. The fourth-order valence-corrected chi connectivity index (χ4v) is 2.19. The van der Waals surface area contributed by atoms with Crippen LogP contribution in [0.3, 0.4) is 0 Å². The van der Waals surface area contributed by atoms with Crippen LogP contribution in [-0.2, 0) is 11.2 Å². The highest BCUT2D eigenvalue weighted by Gasteiger charge is 2.20. The molecule has 1 amide bonds. The lowest BCUT2D eigenvalue weighted by Gasteiger charge is -2.17. The van der Waals surface area contributed by atoms with E-state index in [0.29, 0.717) is 24.8 Å². The molecule has 1 aliphatic carbocycles. The van der Waals surface area contributed by atoms with E-state index in [4.69, 9.17) is 0 Å². The molecule has 1 heterocycles. The van der Waals surface area contributed by atoms with Crippen LogP contribution in [0.2, 0.25) is 0 Å². The van der Waals surface area contributed by atoms with Crippen LogP contribution in [-0.4, -0.2) is 34.7 Å². The lowest BCUT2D eigenvalue weighted by molar-refractivity contribution is -0.123. The number of carbonyl (C=O) groups excluding carboxylic acids is 1. The topological polar surface area (TPSA) is 80.1 Å². The van der Waals surface area contributed by atoms with E-state index in [9.17, 15) is 4.79 Å². The first-order valence-electron chi connectivity index (χ1n) is 6.54. The van der Waals surface area contributed by atoms with Crippen molar-refractivity contribution >= 4 is 5.91 Å². The van der Waals surface area contributed by atoms with Crippen molar-refractivity contribution in [3.05, 3.63) is 12.2 Å². The molecule has 6 heteroatoms. The predicted octanol–water partition coefficient (Wildman–Crippen LogP) is 0.649. The van der Waals surface area contributed by atoms with Crippen molar-refractivity contribution in [1.29, 1.82) is 0 Å². The maximum atomic E-state index is 11.9. The van der Waals surface area contributed by atoms with Gasteiger partial charge in [0.1, 0.15) is 0 Å². The number of hydrogen-bond acceptors (Lipinski definition) is 5. The summed E-state index contributed by atoms with van der Waals surface area (Å²) in [7, 11) is 0. The van der Waals surface area contributed by atoms with Gasteiger partial charge < -0.3 is 15.2 Å². The minimum Gasteiger partial charge on any atom is -0.352 e. The molecule has 1 unspecified atom stereocenters. The van der Waals surface area contributed by atoms with E-state index in [1.807, 2.05) is 6.92 Å². The Labute approximate surface area is 107 Å². The fourth-order valence-electron chi connectivity index (χ4n) is 2.19. The monoisotopic (exact) mass is 252 g/mol. The quantitative estimate of drug-likeness (QED) is 0.777. The summed E-state index contributed by atoms with van der Waals surface area (Å²) in [6, 6.07) is 0.191. The molecule has 1 aromatic rings. The normalized spacial score (nSPS) is 17.8. The van der Waals surface area contributed by atoms with E-state index in [1.165, 1.54) is 19.2 Å². The number of aromatic nitrogens is 2. The molecule has 0 aliphatic heterocycles. The summed E-state index contributed by atoms with van der Waals surface area (Å²) in [5.41, 5.74) is 0. The molecule has 1 aromatic heterocycles. The highest BCUT2D eigenvalue weighted by atomic mass is 16.5. The average Bonchev–Trinajstić information content (AvgIpc) is 3.01. The molecule has 1 saturated carbocycles. The molecule has 0 saturated heterocycles. The van der Waals surface area contributed by atoms with Crippen LogP contribution in [0.1, 0.15) is 38.4 Å². The second kappa shape index (κ2) is 6.49. The first-order chi connectivity index (χ1) is 8.75. The van der Waals surface area contributed by atoms with Crippen LogP contribution < -0.4 is 10.6 Å². The third-order valence-corrected chi connectivity index (χ3v) is 3.30. The zero-order valence-corrected chi connectivity index (χ0v) is 10.7. The standard InChI is InChI=1S/C12H20N4O2/c1-9(12(17)15-10-4-2-3-5-10)13-7-6-11-14-8-18-16-11/h8-10,13H,2-7H2,1H3,(H,15,17). The summed E-state index contributed by atoms with van der Waals surface area (Å²) in [4.78, 5) is 15.8. The minimum absolute atomic E-state index is 0.0787. The first-order valence-corrected chi connectivity index (χ1v) is 6.54. The number of carbonyl (C=O) groups is 1. The van der Waals surface area contributed by atoms with Gasteiger partial charge in [-0.3, -0.25) is 4.79 Å². The Morgan fingerprint density at radius 2 is 2.33 bits per heavy atom. The van der Waals surface area contributed by atoms with Gasteiger partial charge >= 0.3 is 0 Å². The predicted molar refractivity (Wildman–Crippen MR) is 65.9 cm³/mol. The van der Waals surface area contributed by atoms with Crippen molar-refractivity contribution in [2.75, 3.05) is 6.54 Å². The second-order valence-corrected chi connectivity index (χ2v) is 4.76. The lowest BCUT2D eigenvalue weighted by atomic mass is 10.2. The smallest absolute Gasteiger partial charge is 0.237 e. The minimum atomic E-state index is -0.183. The summed E-state index contributed by atoms with van der Waals surface area (Å²) in [5, 5.41) is 9.95. The van der Waals surface area contributed by atoms with Gasteiger partial charge in [-0.15, -0.1) is 0 Å². The highest BCUT2D eigenvalue weighted by molar-refractivity contribution is 5.81. The summed E-state index contributed by atoms with van der Waals surface area (Å²) in [5.74, 6) is 0.737. The molecule has 1 fully saturated rings. The Hall–Kier alpha value is -1.43. The summed E-state index contributed by atoms with van der Waals surface area (Å²) in [6.07, 6.45) is 6.65. The van der Waals surface area contributed by atoms with Gasteiger partial charge in [0.05, 0.1) is 6.04 Å². The zero-order valence-electron chi connectivity index (χ0n) is 10.7. The van der Waals surface area contributed by atoms with Gasteiger partial charge in [-0.25, -0.2) is 0 Å². The Bertz CT molecular complexity index is 360. The SMILES string of the molecule is CC(NCCc1ncon1)C(=O)NC1CCCC1. The molecule has 100 valence electrons. The molecule has 1 aliphatic rings. The van der Waals surface area contributed by atoms with Gasteiger partial charge in [0.25, 0.3) is 0 Å². The van der Waals surface area contributed by atoms with Crippen molar-refractivity contribution in [3.8, 4) is 0 Å². The van der Waals surface area contributed by atoms with Crippen molar-refractivity contribution in [2.45, 2.75) is 51.1 Å².